The summed E-state index contributed by atoms with van der Waals surface area (Å²) in [5, 5.41) is 3.19. The molecule has 0 aliphatic rings. The maximum absolute atomic E-state index is 13.1. The number of carbonyl (C=O) groups excluding carboxylic acids is 2. The summed E-state index contributed by atoms with van der Waals surface area (Å²) in [5.74, 6) is -0.335. The molecule has 30 heavy (non-hydrogen) atoms. The van der Waals surface area contributed by atoms with E-state index in [1.165, 1.54) is 12.1 Å². The third-order valence-corrected chi connectivity index (χ3v) is 4.34. The minimum atomic E-state index is -0.326. The van der Waals surface area contributed by atoms with Crippen LogP contribution in [-0.4, -0.2) is 18.3 Å². The number of halogens is 1. The zero-order valence-corrected chi connectivity index (χ0v) is 17.8. The number of rotatable bonds is 9. The van der Waals surface area contributed by atoms with Gasteiger partial charge in [0, 0.05) is 16.3 Å². The van der Waals surface area contributed by atoms with Crippen molar-refractivity contribution in [1.29, 1.82) is 0 Å². The number of amides is 1. The molecule has 0 saturated carbocycles. The Hall–Kier alpha value is -3.37. The second-order valence-electron chi connectivity index (χ2n) is 6.36. The molecule has 0 radical (unpaired) electrons. The molecule has 154 valence electrons. The number of allylic oxidation sites excluding steroid dienone is 7. The van der Waals surface area contributed by atoms with Gasteiger partial charge in [-0.3, -0.25) is 9.59 Å². The highest BCUT2D eigenvalue weighted by Crippen LogP contribution is 2.26. The van der Waals surface area contributed by atoms with Gasteiger partial charge in [0.1, 0.15) is 5.75 Å². The molecule has 0 fully saturated rings. The first kappa shape index (κ1) is 22.9. The lowest BCUT2D eigenvalue weighted by molar-refractivity contribution is -0.118. The van der Waals surface area contributed by atoms with Crippen molar-refractivity contribution in [3.63, 3.8) is 0 Å². The highest BCUT2D eigenvalue weighted by Gasteiger charge is 2.17. The largest absolute Gasteiger partial charge is 0.483 e. The van der Waals surface area contributed by atoms with E-state index in [0.717, 1.165) is 5.56 Å². The van der Waals surface area contributed by atoms with Gasteiger partial charge in [0.2, 0.25) is 0 Å². The van der Waals surface area contributed by atoms with Crippen molar-refractivity contribution < 1.29 is 14.3 Å². The van der Waals surface area contributed by atoms with Crippen LogP contribution in [0.2, 0.25) is 5.02 Å². The number of para-hydroxylation sites is 1. The highest BCUT2D eigenvalue weighted by molar-refractivity contribution is 6.31. The predicted octanol–water partition coefficient (Wildman–Crippen LogP) is 6.09. The van der Waals surface area contributed by atoms with Crippen LogP contribution >= 0.6 is 11.6 Å². The molecule has 2 rings (SSSR count). The van der Waals surface area contributed by atoms with Crippen LogP contribution in [-0.2, 0) is 4.79 Å². The van der Waals surface area contributed by atoms with Gasteiger partial charge in [0.05, 0.1) is 5.56 Å². The van der Waals surface area contributed by atoms with Crippen molar-refractivity contribution in [3.05, 3.63) is 107 Å². The summed E-state index contributed by atoms with van der Waals surface area (Å²) in [4.78, 5) is 25.4. The minimum absolute atomic E-state index is 0.245. The van der Waals surface area contributed by atoms with Gasteiger partial charge in [-0.25, -0.2) is 0 Å². The van der Waals surface area contributed by atoms with E-state index >= 15 is 0 Å². The summed E-state index contributed by atoms with van der Waals surface area (Å²) in [6.07, 6.45) is 10.3. The molecule has 0 aliphatic carbocycles. The Labute approximate surface area is 182 Å². The fourth-order valence-electron chi connectivity index (χ4n) is 2.61. The summed E-state index contributed by atoms with van der Waals surface area (Å²) in [6, 6.07) is 12.2. The number of hydrogen-bond donors (Lipinski definition) is 1. The fraction of sp³-hybridized carbons (Fsp3) is 0.120. The van der Waals surface area contributed by atoms with Crippen LogP contribution in [0.5, 0.6) is 5.75 Å². The van der Waals surface area contributed by atoms with Crippen LogP contribution < -0.4 is 10.1 Å². The van der Waals surface area contributed by atoms with Crippen LogP contribution in [0.1, 0.15) is 22.8 Å². The number of aryl methyl sites for hydroxylation is 1. The van der Waals surface area contributed by atoms with Crippen molar-refractivity contribution in [2.75, 3.05) is 11.9 Å². The van der Waals surface area contributed by atoms with E-state index < -0.39 is 0 Å². The standard InChI is InChI=1S/C25H24ClNO3/c1-4-6-7-12-19(10-5-2)25(29)21-16-20(26)14-15-23(21)30-17-24(28)27-22-13-9-8-11-18(22)3/h4-16H,2,17H2,1,3H3,(H,27,28)/b6-4-,12-7-,19-10+. The molecule has 2 aromatic rings. The summed E-state index contributed by atoms with van der Waals surface area (Å²) in [7, 11) is 0. The maximum atomic E-state index is 13.1. The van der Waals surface area contributed by atoms with Crippen molar-refractivity contribution in [2.24, 2.45) is 0 Å². The number of Topliss-reactive ketones (excluding diaryl/α,β-unsaturated/α-hetero) is 1. The van der Waals surface area contributed by atoms with Gasteiger partial charge in [0.25, 0.3) is 5.91 Å². The normalized spacial score (nSPS) is 11.6. The molecule has 0 bridgehead atoms. The first-order valence-corrected chi connectivity index (χ1v) is 9.78. The summed E-state index contributed by atoms with van der Waals surface area (Å²) >= 11 is 6.10. The Morgan fingerprint density at radius 2 is 1.93 bits per heavy atom. The second-order valence-corrected chi connectivity index (χ2v) is 6.80. The summed E-state index contributed by atoms with van der Waals surface area (Å²) in [5.41, 5.74) is 2.34. The van der Waals surface area contributed by atoms with Gasteiger partial charge in [-0.15, -0.1) is 0 Å². The van der Waals surface area contributed by atoms with Crippen LogP contribution in [0.3, 0.4) is 0 Å². The Balaban J connectivity index is 2.20. The minimum Gasteiger partial charge on any atom is -0.483 e. The predicted molar refractivity (Wildman–Crippen MR) is 123 cm³/mol. The van der Waals surface area contributed by atoms with E-state index in [4.69, 9.17) is 16.3 Å². The van der Waals surface area contributed by atoms with E-state index in [-0.39, 0.29) is 29.6 Å². The molecule has 1 amide bonds. The van der Waals surface area contributed by atoms with Crippen molar-refractivity contribution in [1.82, 2.24) is 0 Å². The molecule has 1 N–H and O–H groups in total. The lowest BCUT2D eigenvalue weighted by Crippen LogP contribution is -2.21. The molecule has 0 saturated heterocycles. The molecule has 0 aromatic heterocycles. The Morgan fingerprint density at radius 1 is 1.17 bits per heavy atom. The summed E-state index contributed by atoms with van der Waals surface area (Å²) < 4.78 is 5.66. The third-order valence-electron chi connectivity index (χ3n) is 4.10. The lowest BCUT2D eigenvalue weighted by Gasteiger charge is -2.13. The SMILES string of the molecule is C=C\C=C(/C=C\C=C/C)C(=O)c1cc(Cl)ccc1OCC(=O)Nc1ccccc1C. The quantitative estimate of drug-likeness (QED) is 0.302. The Morgan fingerprint density at radius 3 is 2.63 bits per heavy atom. The number of hydrogen-bond acceptors (Lipinski definition) is 3. The zero-order chi connectivity index (χ0) is 21.9. The Kier molecular flexibility index (Phi) is 8.85. The first-order valence-electron chi connectivity index (χ1n) is 9.41. The molecule has 0 spiro atoms. The molecule has 4 nitrogen and oxygen atoms in total. The number of carbonyl (C=O) groups is 2. The summed E-state index contributed by atoms with van der Waals surface area (Å²) in [6.45, 7) is 7.20. The number of ketones is 1. The average molecular weight is 422 g/mol. The van der Waals surface area contributed by atoms with E-state index in [0.29, 0.717) is 16.3 Å². The van der Waals surface area contributed by atoms with E-state index in [9.17, 15) is 9.59 Å². The van der Waals surface area contributed by atoms with Crippen molar-refractivity contribution in [3.8, 4) is 5.75 Å². The first-order chi connectivity index (χ1) is 14.5. The number of anilines is 1. The van der Waals surface area contributed by atoms with E-state index in [1.807, 2.05) is 50.3 Å². The molecule has 2 aromatic carbocycles. The van der Waals surface area contributed by atoms with Gasteiger partial charge in [-0.1, -0.05) is 72.8 Å². The van der Waals surface area contributed by atoms with Gasteiger partial charge >= 0.3 is 0 Å². The van der Waals surface area contributed by atoms with Crippen LogP contribution in [0, 0.1) is 6.92 Å². The second kappa shape index (κ2) is 11.6. The lowest BCUT2D eigenvalue weighted by atomic mass is 10.0. The molecular formula is C25H24ClNO3. The average Bonchev–Trinajstić information content (AvgIpc) is 2.73. The molecule has 5 heteroatoms. The van der Waals surface area contributed by atoms with Gasteiger partial charge in [-0.05, 0) is 43.7 Å². The van der Waals surface area contributed by atoms with Crippen LogP contribution in [0.25, 0.3) is 0 Å². The number of benzene rings is 2. The van der Waals surface area contributed by atoms with Crippen LogP contribution in [0.4, 0.5) is 5.69 Å². The molecule has 0 unspecified atom stereocenters. The molecular weight excluding hydrogens is 398 g/mol. The number of nitrogens with one attached hydrogen (secondary N) is 1. The van der Waals surface area contributed by atoms with E-state index in [2.05, 4.69) is 11.9 Å². The highest BCUT2D eigenvalue weighted by atomic mass is 35.5. The monoisotopic (exact) mass is 421 g/mol. The molecule has 0 aliphatic heterocycles. The van der Waals surface area contributed by atoms with Gasteiger partial charge in [0.15, 0.2) is 12.4 Å². The zero-order valence-electron chi connectivity index (χ0n) is 17.0. The molecule has 0 atom stereocenters. The van der Waals surface area contributed by atoms with Crippen molar-refractivity contribution >= 4 is 29.0 Å². The van der Waals surface area contributed by atoms with E-state index in [1.54, 1.807) is 30.4 Å². The number of ether oxygens (including phenoxy) is 1. The smallest absolute Gasteiger partial charge is 0.262 e. The topological polar surface area (TPSA) is 55.4 Å². The fourth-order valence-corrected chi connectivity index (χ4v) is 2.78. The van der Waals surface area contributed by atoms with Crippen LogP contribution in [0.15, 0.2) is 91.1 Å². The van der Waals surface area contributed by atoms with Gasteiger partial charge in [-0.2, -0.15) is 0 Å². The third kappa shape index (κ3) is 6.61. The maximum Gasteiger partial charge on any atom is 0.262 e. The van der Waals surface area contributed by atoms with Gasteiger partial charge < -0.3 is 10.1 Å². The van der Waals surface area contributed by atoms with Crippen molar-refractivity contribution in [2.45, 2.75) is 13.8 Å². The Bertz CT molecular complexity index is 1020. The molecule has 0 heterocycles.